The van der Waals surface area contributed by atoms with Gasteiger partial charge in [0.25, 0.3) is 5.91 Å². The highest BCUT2D eigenvalue weighted by Crippen LogP contribution is 2.28. The number of nitrogens with one attached hydrogen (secondary N) is 1. The van der Waals surface area contributed by atoms with Crippen molar-refractivity contribution in [2.75, 3.05) is 18.4 Å². The van der Waals surface area contributed by atoms with Crippen LogP contribution in [-0.2, 0) is 11.2 Å². The molecule has 1 unspecified atom stereocenters. The topological polar surface area (TPSA) is 75.2 Å². The summed E-state index contributed by atoms with van der Waals surface area (Å²) in [5.74, 6) is 0.246. The highest BCUT2D eigenvalue weighted by atomic mass is 32.1. The van der Waals surface area contributed by atoms with Gasteiger partial charge in [0.2, 0.25) is 5.91 Å². The lowest BCUT2D eigenvalue weighted by Crippen LogP contribution is -2.40. The van der Waals surface area contributed by atoms with E-state index in [4.69, 9.17) is 0 Å². The fourth-order valence-corrected chi connectivity index (χ4v) is 5.21. The van der Waals surface area contributed by atoms with Gasteiger partial charge in [-0.2, -0.15) is 0 Å². The Kier molecular flexibility index (Phi) is 5.61. The van der Waals surface area contributed by atoms with E-state index in [1.54, 1.807) is 17.4 Å². The molecule has 3 aromatic rings. The number of piperidine rings is 1. The Labute approximate surface area is 168 Å². The van der Waals surface area contributed by atoms with Crippen LogP contribution in [0.5, 0.6) is 0 Å². The molecule has 0 radical (unpaired) electrons. The second-order valence-corrected chi connectivity index (χ2v) is 9.03. The minimum atomic E-state index is -0.167. The van der Waals surface area contributed by atoms with Crippen LogP contribution in [-0.4, -0.2) is 39.8 Å². The summed E-state index contributed by atoms with van der Waals surface area (Å²) in [6.45, 7) is 1.51. The number of hydrogen-bond acceptors (Lipinski definition) is 7. The summed E-state index contributed by atoms with van der Waals surface area (Å²) in [7, 11) is 0. The number of anilines is 1. The van der Waals surface area contributed by atoms with E-state index in [0.717, 1.165) is 30.9 Å². The summed E-state index contributed by atoms with van der Waals surface area (Å²) in [4.78, 5) is 36.1. The minimum Gasteiger partial charge on any atom is -0.342 e. The Morgan fingerprint density at radius 1 is 1.26 bits per heavy atom. The van der Waals surface area contributed by atoms with Crippen molar-refractivity contribution < 1.29 is 9.59 Å². The van der Waals surface area contributed by atoms with E-state index in [0.29, 0.717) is 21.6 Å². The largest absolute Gasteiger partial charge is 0.342 e. The molecule has 4 heterocycles. The molecule has 1 aliphatic heterocycles. The normalized spacial score (nSPS) is 17.0. The SMILES string of the molecule is O=C(Nc1nc(CC(=O)N2CCCC(c3nccs3)C2)cs1)c1cccs1. The number of aromatic nitrogens is 2. The Hall–Kier alpha value is -2.10. The highest BCUT2D eigenvalue weighted by Gasteiger charge is 2.26. The predicted molar refractivity (Wildman–Crippen MR) is 109 cm³/mol. The van der Waals surface area contributed by atoms with Crippen LogP contribution >= 0.6 is 34.0 Å². The first-order valence-corrected chi connectivity index (χ1v) is 11.3. The molecule has 1 saturated heterocycles. The molecule has 2 amide bonds. The van der Waals surface area contributed by atoms with E-state index >= 15 is 0 Å². The van der Waals surface area contributed by atoms with E-state index in [1.807, 2.05) is 33.3 Å². The number of thiophene rings is 1. The molecule has 6 nitrogen and oxygen atoms in total. The number of rotatable bonds is 5. The van der Waals surface area contributed by atoms with Crippen LogP contribution in [0.4, 0.5) is 5.13 Å². The number of hydrogen-bond donors (Lipinski definition) is 1. The number of likely N-dealkylation sites (tertiary alicyclic amines) is 1. The first-order chi connectivity index (χ1) is 13.2. The molecule has 27 heavy (non-hydrogen) atoms. The maximum atomic E-state index is 12.7. The van der Waals surface area contributed by atoms with Crippen molar-refractivity contribution in [3.8, 4) is 0 Å². The van der Waals surface area contributed by atoms with Gasteiger partial charge in [-0.15, -0.1) is 34.0 Å². The molecule has 1 aliphatic rings. The van der Waals surface area contributed by atoms with Crippen molar-refractivity contribution in [1.29, 1.82) is 0 Å². The van der Waals surface area contributed by atoms with Crippen LogP contribution in [0.3, 0.4) is 0 Å². The fourth-order valence-electron chi connectivity index (χ4n) is 3.12. The minimum absolute atomic E-state index is 0.0812. The zero-order valence-electron chi connectivity index (χ0n) is 14.5. The molecule has 140 valence electrons. The first-order valence-electron chi connectivity index (χ1n) is 8.65. The van der Waals surface area contributed by atoms with E-state index in [2.05, 4.69) is 15.3 Å². The molecule has 1 atom stereocenters. The second-order valence-electron chi connectivity index (χ2n) is 6.30. The average molecular weight is 419 g/mol. The Bertz CT molecular complexity index is 905. The number of carbonyl (C=O) groups is 2. The van der Waals surface area contributed by atoms with Crippen molar-refractivity contribution in [1.82, 2.24) is 14.9 Å². The van der Waals surface area contributed by atoms with Crippen LogP contribution in [0.1, 0.15) is 39.1 Å². The molecule has 0 spiro atoms. The van der Waals surface area contributed by atoms with Gasteiger partial charge in [-0.25, -0.2) is 9.97 Å². The lowest BCUT2D eigenvalue weighted by molar-refractivity contribution is -0.131. The van der Waals surface area contributed by atoms with Crippen molar-refractivity contribution in [3.05, 3.63) is 50.0 Å². The van der Waals surface area contributed by atoms with Gasteiger partial charge in [-0.1, -0.05) is 6.07 Å². The van der Waals surface area contributed by atoms with E-state index in [9.17, 15) is 9.59 Å². The van der Waals surface area contributed by atoms with E-state index in [-0.39, 0.29) is 18.2 Å². The molecule has 3 aromatic heterocycles. The van der Waals surface area contributed by atoms with Gasteiger partial charge in [0.15, 0.2) is 5.13 Å². The van der Waals surface area contributed by atoms with Gasteiger partial charge >= 0.3 is 0 Å². The van der Waals surface area contributed by atoms with Crippen LogP contribution in [0.25, 0.3) is 0 Å². The molecule has 0 aromatic carbocycles. The van der Waals surface area contributed by atoms with Crippen molar-refractivity contribution in [2.45, 2.75) is 25.2 Å². The second kappa shape index (κ2) is 8.28. The number of thiazole rings is 2. The van der Waals surface area contributed by atoms with Gasteiger partial charge < -0.3 is 4.90 Å². The van der Waals surface area contributed by atoms with E-state index < -0.39 is 0 Å². The quantitative estimate of drug-likeness (QED) is 0.683. The summed E-state index contributed by atoms with van der Waals surface area (Å²) in [6.07, 6.45) is 4.15. The third-order valence-electron chi connectivity index (χ3n) is 4.42. The van der Waals surface area contributed by atoms with Gasteiger partial charge in [0.05, 0.1) is 22.0 Å². The molecule has 4 rings (SSSR count). The van der Waals surface area contributed by atoms with Gasteiger partial charge in [-0.3, -0.25) is 14.9 Å². The van der Waals surface area contributed by atoms with Crippen molar-refractivity contribution in [3.63, 3.8) is 0 Å². The molecule has 0 saturated carbocycles. The van der Waals surface area contributed by atoms with Gasteiger partial charge in [-0.05, 0) is 24.3 Å². The van der Waals surface area contributed by atoms with Gasteiger partial charge in [0, 0.05) is 36.0 Å². The fraction of sp³-hybridized carbons (Fsp3) is 0.333. The standard InChI is InChI=1S/C18H18N4O2S3/c23-15(22-6-1-3-12(10-22)17-19-5-8-26-17)9-13-11-27-18(20-13)21-16(24)14-4-2-7-25-14/h2,4-5,7-8,11-12H,1,3,6,9-10H2,(H,20,21,24). The summed E-state index contributed by atoms with van der Waals surface area (Å²) in [6, 6.07) is 3.61. The lowest BCUT2D eigenvalue weighted by Gasteiger charge is -2.31. The highest BCUT2D eigenvalue weighted by molar-refractivity contribution is 7.14. The lowest BCUT2D eigenvalue weighted by atomic mass is 9.98. The molecular weight excluding hydrogens is 400 g/mol. The van der Waals surface area contributed by atoms with E-state index in [1.165, 1.54) is 22.7 Å². The predicted octanol–water partition coefficient (Wildman–Crippen LogP) is 3.86. The summed E-state index contributed by atoms with van der Waals surface area (Å²) >= 11 is 4.39. The van der Waals surface area contributed by atoms with Crippen LogP contribution in [0.2, 0.25) is 0 Å². The molecule has 9 heteroatoms. The first kappa shape index (κ1) is 18.3. The van der Waals surface area contributed by atoms with Crippen molar-refractivity contribution >= 4 is 51.0 Å². The molecule has 1 N–H and O–H groups in total. The average Bonchev–Trinajstić information content (AvgIpc) is 3.44. The monoisotopic (exact) mass is 418 g/mol. The molecular formula is C18H18N4O2S3. The smallest absolute Gasteiger partial charge is 0.267 e. The molecule has 0 bridgehead atoms. The summed E-state index contributed by atoms with van der Waals surface area (Å²) < 4.78 is 0. The van der Waals surface area contributed by atoms with Crippen LogP contribution in [0, 0.1) is 0 Å². The zero-order chi connectivity index (χ0) is 18.6. The maximum Gasteiger partial charge on any atom is 0.267 e. The summed E-state index contributed by atoms with van der Waals surface area (Å²) in [5.41, 5.74) is 0.697. The zero-order valence-corrected chi connectivity index (χ0v) is 16.9. The Morgan fingerprint density at radius 3 is 2.96 bits per heavy atom. The molecule has 0 aliphatic carbocycles. The van der Waals surface area contributed by atoms with Crippen LogP contribution in [0.15, 0.2) is 34.5 Å². The number of amides is 2. The third kappa shape index (κ3) is 4.42. The molecule has 1 fully saturated rings. The van der Waals surface area contributed by atoms with Crippen LogP contribution < -0.4 is 5.32 Å². The van der Waals surface area contributed by atoms with Gasteiger partial charge in [0.1, 0.15) is 0 Å². The number of carbonyl (C=O) groups excluding carboxylic acids is 2. The Morgan fingerprint density at radius 2 is 2.19 bits per heavy atom. The number of nitrogens with zero attached hydrogens (tertiary/aromatic N) is 3. The summed E-state index contributed by atoms with van der Waals surface area (Å²) in [5, 5.41) is 10.1. The third-order valence-corrected chi connectivity index (χ3v) is 7.04. The maximum absolute atomic E-state index is 12.7. The Balaban J connectivity index is 1.34. The van der Waals surface area contributed by atoms with Crippen molar-refractivity contribution in [2.24, 2.45) is 0 Å².